The van der Waals surface area contributed by atoms with Gasteiger partial charge in [0.05, 0.1) is 5.60 Å². The fourth-order valence-electron chi connectivity index (χ4n) is 1.51. The van der Waals surface area contributed by atoms with Crippen LogP contribution in [0.15, 0.2) is 0 Å². The second-order valence-corrected chi connectivity index (χ2v) is 6.41. The molecule has 0 aromatic carbocycles. The number of halogens is 1. The van der Waals surface area contributed by atoms with Crippen molar-refractivity contribution in [3.05, 3.63) is 0 Å². The van der Waals surface area contributed by atoms with Gasteiger partial charge in [-0.25, -0.2) is 0 Å². The molecule has 0 aromatic heterocycles. The largest absolute Gasteiger partial charge is 0.366 e. The minimum absolute atomic E-state index is 0.00391. The molecule has 16 heavy (non-hydrogen) atoms. The first kappa shape index (κ1) is 14.0. The summed E-state index contributed by atoms with van der Waals surface area (Å²) in [5.74, 6) is -0.00391. The highest BCUT2D eigenvalue weighted by molar-refractivity contribution is 9.09. The van der Waals surface area contributed by atoms with E-state index in [4.69, 9.17) is 4.74 Å². The van der Waals surface area contributed by atoms with Crippen LogP contribution < -0.4 is 5.32 Å². The van der Waals surface area contributed by atoms with E-state index < -0.39 is 0 Å². The second kappa shape index (κ2) is 5.50. The number of hydrogen-bond acceptors (Lipinski definition) is 2. The number of hydrogen-bond donors (Lipinski definition) is 1. The Morgan fingerprint density at radius 2 is 2.06 bits per heavy atom. The van der Waals surface area contributed by atoms with Crippen molar-refractivity contribution in [3.8, 4) is 0 Å². The molecule has 0 aromatic rings. The average molecular weight is 292 g/mol. The van der Waals surface area contributed by atoms with Gasteiger partial charge in [-0.1, -0.05) is 15.9 Å². The Labute approximate surface area is 106 Å². The van der Waals surface area contributed by atoms with Gasteiger partial charge in [0.25, 0.3) is 0 Å². The lowest BCUT2D eigenvalue weighted by atomic mass is 10.0. The van der Waals surface area contributed by atoms with Gasteiger partial charge >= 0.3 is 0 Å². The average Bonchev–Trinajstić information content (AvgIpc) is 2.92. The van der Waals surface area contributed by atoms with E-state index in [9.17, 15) is 4.79 Å². The van der Waals surface area contributed by atoms with Gasteiger partial charge in [-0.2, -0.15) is 0 Å². The normalized spacial score (nSPS) is 18.2. The quantitative estimate of drug-likeness (QED) is 0.764. The zero-order valence-corrected chi connectivity index (χ0v) is 12.0. The van der Waals surface area contributed by atoms with Crippen LogP contribution in [0.2, 0.25) is 0 Å². The maximum Gasteiger partial charge on any atom is 0.246 e. The zero-order chi connectivity index (χ0) is 12.2. The van der Waals surface area contributed by atoms with Crippen molar-refractivity contribution in [2.75, 3.05) is 18.5 Å². The third kappa shape index (κ3) is 5.30. The third-order valence-electron chi connectivity index (χ3n) is 2.88. The fraction of sp³-hybridized carbons (Fsp3) is 0.917. The summed E-state index contributed by atoms with van der Waals surface area (Å²) in [5, 5.41) is 3.97. The number of rotatable bonds is 6. The Bertz CT molecular complexity index is 244. The molecule has 1 N–H and O–H groups in total. The lowest BCUT2D eigenvalue weighted by Gasteiger charge is -2.20. The smallest absolute Gasteiger partial charge is 0.246 e. The first-order chi connectivity index (χ1) is 7.37. The van der Waals surface area contributed by atoms with Crippen molar-refractivity contribution in [1.82, 2.24) is 5.32 Å². The van der Waals surface area contributed by atoms with E-state index in [0.29, 0.717) is 5.41 Å². The molecule has 0 aliphatic heterocycles. The Hall–Kier alpha value is -0.0900. The predicted molar refractivity (Wildman–Crippen MR) is 68.8 cm³/mol. The highest BCUT2D eigenvalue weighted by Crippen LogP contribution is 2.48. The lowest BCUT2D eigenvalue weighted by Crippen LogP contribution is -2.35. The topological polar surface area (TPSA) is 38.3 Å². The van der Waals surface area contributed by atoms with Gasteiger partial charge in [0.2, 0.25) is 5.91 Å². The zero-order valence-electron chi connectivity index (χ0n) is 10.4. The SMILES string of the molecule is CC(C)(C)OCC(=O)NCC1(CCBr)CC1. The summed E-state index contributed by atoms with van der Waals surface area (Å²) in [7, 11) is 0. The first-order valence-electron chi connectivity index (χ1n) is 5.84. The number of ether oxygens (including phenoxy) is 1. The van der Waals surface area contributed by atoms with Gasteiger partial charge in [-0.15, -0.1) is 0 Å². The van der Waals surface area contributed by atoms with E-state index in [-0.39, 0.29) is 18.1 Å². The standard InChI is InChI=1S/C12H22BrNO2/c1-11(2,3)16-8-10(15)14-9-12(4-5-12)6-7-13/h4-9H2,1-3H3,(H,14,15). The molecule has 4 heteroatoms. The molecular weight excluding hydrogens is 270 g/mol. The molecule has 0 unspecified atom stereocenters. The summed E-state index contributed by atoms with van der Waals surface area (Å²) < 4.78 is 5.42. The molecule has 0 heterocycles. The molecule has 1 aliphatic rings. The second-order valence-electron chi connectivity index (χ2n) is 5.62. The number of alkyl halides is 1. The van der Waals surface area contributed by atoms with Crippen LogP contribution in [0, 0.1) is 5.41 Å². The van der Waals surface area contributed by atoms with Crippen molar-refractivity contribution in [3.63, 3.8) is 0 Å². The molecular formula is C12H22BrNO2. The monoisotopic (exact) mass is 291 g/mol. The van der Waals surface area contributed by atoms with E-state index >= 15 is 0 Å². The van der Waals surface area contributed by atoms with E-state index in [2.05, 4.69) is 21.2 Å². The molecule has 1 aliphatic carbocycles. The summed E-state index contributed by atoms with van der Waals surface area (Å²) in [6.07, 6.45) is 3.62. The van der Waals surface area contributed by atoms with Crippen molar-refractivity contribution in [2.45, 2.75) is 45.6 Å². The molecule has 0 saturated heterocycles. The third-order valence-corrected chi connectivity index (χ3v) is 3.28. The summed E-state index contributed by atoms with van der Waals surface area (Å²) >= 11 is 3.45. The van der Waals surface area contributed by atoms with E-state index in [1.165, 1.54) is 12.8 Å². The van der Waals surface area contributed by atoms with Crippen LogP contribution in [-0.2, 0) is 9.53 Å². The van der Waals surface area contributed by atoms with E-state index in [0.717, 1.165) is 18.3 Å². The van der Waals surface area contributed by atoms with Crippen LogP contribution in [0.25, 0.3) is 0 Å². The minimum Gasteiger partial charge on any atom is -0.366 e. The molecule has 0 radical (unpaired) electrons. The van der Waals surface area contributed by atoms with E-state index in [1.807, 2.05) is 20.8 Å². The van der Waals surface area contributed by atoms with Crippen molar-refractivity contribution >= 4 is 21.8 Å². The molecule has 94 valence electrons. The van der Waals surface area contributed by atoms with Crippen LogP contribution >= 0.6 is 15.9 Å². The van der Waals surface area contributed by atoms with Gasteiger partial charge in [-0.05, 0) is 45.4 Å². The molecule has 3 nitrogen and oxygen atoms in total. The highest BCUT2D eigenvalue weighted by Gasteiger charge is 2.41. The van der Waals surface area contributed by atoms with Crippen LogP contribution in [-0.4, -0.2) is 30.0 Å². The van der Waals surface area contributed by atoms with Crippen molar-refractivity contribution in [2.24, 2.45) is 5.41 Å². The van der Waals surface area contributed by atoms with Crippen LogP contribution in [0.5, 0.6) is 0 Å². The molecule has 0 spiro atoms. The summed E-state index contributed by atoms with van der Waals surface area (Å²) in [4.78, 5) is 11.5. The van der Waals surface area contributed by atoms with Gasteiger partial charge in [0.15, 0.2) is 0 Å². The van der Waals surface area contributed by atoms with Gasteiger partial charge in [-0.3, -0.25) is 4.79 Å². The molecule has 1 saturated carbocycles. The number of carbonyl (C=O) groups is 1. The van der Waals surface area contributed by atoms with E-state index in [1.54, 1.807) is 0 Å². The van der Waals surface area contributed by atoms with Crippen molar-refractivity contribution < 1.29 is 9.53 Å². The summed E-state index contributed by atoms with van der Waals surface area (Å²) in [6.45, 7) is 6.81. The maximum absolute atomic E-state index is 11.5. The lowest BCUT2D eigenvalue weighted by molar-refractivity contribution is -0.130. The number of nitrogens with one attached hydrogen (secondary N) is 1. The van der Waals surface area contributed by atoms with Crippen LogP contribution in [0.1, 0.15) is 40.0 Å². The van der Waals surface area contributed by atoms with Crippen molar-refractivity contribution in [1.29, 1.82) is 0 Å². The highest BCUT2D eigenvalue weighted by atomic mass is 79.9. The summed E-state index contributed by atoms with van der Waals surface area (Å²) in [5.41, 5.74) is 0.130. The minimum atomic E-state index is -0.246. The first-order valence-corrected chi connectivity index (χ1v) is 6.96. The molecule has 1 fully saturated rings. The van der Waals surface area contributed by atoms with Crippen LogP contribution in [0.4, 0.5) is 0 Å². The number of amides is 1. The Morgan fingerprint density at radius 1 is 1.44 bits per heavy atom. The van der Waals surface area contributed by atoms with Gasteiger partial charge in [0, 0.05) is 11.9 Å². The van der Waals surface area contributed by atoms with Crippen LogP contribution in [0.3, 0.4) is 0 Å². The molecule has 1 amide bonds. The summed E-state index contributed by atoms with van der Waals surface area (Å²) in [6, 6.07) is 0. The fourth-order valence-corrected chi connectivity index (χ4v) is 2.35. The predicted octanol–water partition coefficient (Wildman–Crippen LogP) is 2.48. The van der Waals surface area contributed by atoms with Gasteiger partial charge in [0.1, 0.15) is 6.61 Å². The Kier molecular flexibility index (Phi) is 4.80. The Balaban J connectivity index is 2.16. The number of carbonyl (C=O) groups excluding carboxylic acids is 1. The molecule has 1 rings (SSSR count). The van der Waals surface area contributed by atoms with Gasteiger partial charge < -0.3 is 10.1 Å². The Morgan fingerprint density at radius 3 is 2.50 bits per heavy atom. The molecule has 0 atom stereocenters. The molecule has 0 bridgehead atoms. The maximum atomic E-state index is 11.5.